The molecule has 0 saturated carbocycles. The molecule has 1 N–H and O–H groups in total. The minimum atomic E-state index is -1.08. The van der Waals surface area contributed by atoms with Crippen molar-refractivity contribution in [2.75, 3.05) is 13.7 Å². The van der Waals surface area contributed by atoms with E-state index in [0.717, 1.165) is 28.1 Å². The first-order valence-electron chi connectivity index (χ1n) is 8.37. The number of nitrogens with zero attached hydrogens (tertiary/aromatic N) is 2. The quantitative estimate of drug-likeness (QED) is 0.411. The van der Waals surface area contributed by atoms with Crippen LogP contribution in [0, 0.1) is 0 Å². The van der Waals surface area contributed by atoms with Crippen molar-refractivity contribution in [3.05, 3.63) is 64.6 Å². The maximum Gasteiger partial charge on any atom is 0.341 e. The Morgan fingerprint density at radius 3 is 2.66 bits per heavy atom. The van der Waals surface area contributed by atoms with Crippen LogP contribution in [0.15, 0.2) is 58.5 Å². The van der Waals surface area contributed by atoms with E-state index in [9.17, 15) is 9.59 Å². The first-order chi connectivity index (χ1) is 14.0. The summed E-state index contributed by atoms with van der Waals surface area (Å²) < 4.78 is 10.7. The number of hydrogen-bond acceptors (Lipinski definition) is 7. The molecule has 3 rings (SSSR count). The molecule has 0 radical (unpaired) electrons. The minimum Gasteiger partial charge on any atom is -0.497 e. The van der Waals surface area contributed by atoms with Gasteiger partial charge in [-0.25, -0.2) is 4.79 Å². The molecule has 0 bridgehead atoms. The zero-order valence-corrected chi connectivity index (χ0v) is 16.9. The van der Waals surface area contributed by atoms with Gasteiger partial charge in [-0.05, 0) is 54.2 Å². The highest BCUT2D eigenvalue weighted by molar-refractivity contribution is 8.26. The van der Waals surface area contributed by atoms with Crippen LogP contribution in [0.1, 0.15) is 11.1 Å². The number of carbonyl (C=O) groups is 2. The zero-order valence-electron chi connectivity index (χ0n) is 15.3. The molecule has 0 atom stereocenters. The monoisotopic (exact) mass is 428 g/mol. The van der Waals surface area contributed by atoms with E-state index >= 15 is 0 Å². The maximum atomic E-state index is 12.7. The van der Waals surface area contributed by atoms with Crippen molar-refractivity contribution in [1.29, 1.82) is 0 Å². The van der Waals surface area contributed by atoms with Crippen LogP contribution in [0.5, 0.6) is 11.5 Å². The summed E-state index contributed by atoms with van der Waals surface area (Å²) in [5.74, 6) is -0.363. The van der Waals surface area contributed by atoms with E-state index in [2.05, 4.69) is 5.10 Å². The van der Waals surface area contributed by atoms with Crippen LogP contribution in [0.3, 0.4) is 0 Å². The van der Waals surface area contributed by atoms with Gasteiger partial charge in [-0.2, -0.15) is 10.1 Å². The van der Waals surface area contributed by atoms with E-state index in [1.54, 1.807) is 49.6 Å². The SMILES string of the molecule is COc1ccc(C=NN2C(=O)C(=Cc3ccccc3OCC(=O)O)SC2=S)cc1. The Bertz CT molecular complexity index is 1000. The summed E-state index contributed by atoms with van der Waals surface area (Å²) in [7, 11) is 1.58. The van der Waals surface area contributed by atoms with Gasteiger partial charge in [0.25, 0.3) is 5.91 Å². The number of carbonyl (C=O) groups excluding carboxylic acids is 1. The van der Waals surface area contributed by atoms with Crippen molar-refractivity contribution in [2.45, 2.75) is 0 Å². The standard InChI is InChI=1S/C20H16N2O5S2/c1-26-15-8-6-13(7-9-15)11-21-22-19(25)17(29-20(22)28)10-14-4-2-3-5-16(14)27-12-18(23)24/h2-11H,12H2,1H3,(H,23,24). The van der Waals surface area contributed by atoms with Gasteiger partial charge in [-0.3, -0.25) is 4.79 Å². The third kappa shape index (κ3) is 5.21. The fraction of sp³-hybridized carbons (Fsp3) is 0.100. The molecule has 1 aliphatic rings. The Kier molecular flexibility index (Phi) is 6.63. The summed E-state index contributed by atoms with van der Waals surface area (Å²) >= 11 is 6.38. The predicted molar refractivity (Wildman–Crippen MR) is 115 cm³/mol. The zero-order chi connectivity index (χ0) is 20.8. The molecule has 7 nitrogen and oxygen atoms in total. The van der Waals surface area contributed by atoms with Crippen LogP contribution in [-0.2, 0) is 9.59 Å². The molecule has 29 heavy (non-hydrogen) atoms. The third-order valence-corrected chi connectivity index (χ3v) is 5.05. The number of thioether (sulfide) groups is 1. The number of hydrazone groups is 1. The Labute approximate surface area is 176 Å². The van der Waals surface area contributed by atoms with E-state index in [1.165, 1.54) is 6.21 Å². The highest BCUT2D eigenvalue weighted by Crippen LogP contribution is 2.34. The molecule has 1 amide bonds. The molecule has 1 heterocycles. The molecule has 2 aromatic carbocycles. The summed E-state index contributed by atoms with van der Waals surface area (Å²) in [5, 5.41) is 14.1. The lowest BCUT2D eigenvalue weighted by atomic mass is 10.2. The number of aliphatic carboxylic acids is 1. The van der Waals surface area contributed by atoms with E-state index < -0.39 is 12.6 Å². The van der Waals surface area contributed by atoms with Crippen molar-refractivity contribution in [1.82, 2.24) is 5.01 Å². The Morgan fingerprint density at radius 1 is 1.24 bits per heavy atom. The first kappa shape index (κ1) is 20.6. The second kappa shape index (κ2) is 9.35. The largest absolute Gasteiger partial charge is 0.497 e. The summed E-state index contributed by atoms with van der Waals surface area (Å²) in [6.45, 7) is -0.474. The number of hydrogen-bond donors (Lipinski definition) is 1. The number of amides is 1. The van der Waals surface area contributed by atoms with Gasteiger partial charge in [0.1, 0.15) is 11.5 Å². The van der Waals surface area contributed by atoms with Gasteiger partial charge < -0.3 is 14.6 Å². The summed E-state index contributed by atoms with van der Waals surface area (Å²) in [6, 6.07) is 14.1. The predicted octanol–water partition coefficient (Wildman–Crippen LogP) is 3.39. The van der Waals surface area contributed by atoms with Gasteiger partial charge in [0, 0.05) is 5.56 Å². The van der Waals surface area contributed by atoms with E-state index in [0.29, 0.717) is 20.5 Å². The van der Waals surface area contributed by atoms with Crippen molar-refractivity contribution >= 4 is 52.5 Å². The lowest BCUT2D eigenvalue weighted by Gasteiger charge is -2.07. The Balaban J connectivity index is 1.78. The van der Waals surface area contributed by atoms with Crippen LogP contribution >= 0.6 is 24.0 Å². The summed E-state index contributed by atoms with van der Waals surface area (Å²) in [6.07, 6.45) is 3.15. The molecular formula is C20H16N2O5S2. The fourth-order valence-corrected chi connectivity index (χ4v) is 3.55. The molecule has 9 heteroatoms. The molecule has 0 aliphatic carbocycles. The molecule has 0 aromatic heterocycles. The molecule has 1 saturated heterocycles. The number of methoxy groups -OCH3 is 1. The molecule has 1 aliphatic heterocycles. The summed E-state index contributed by atoms with van der Waals surface area (Å²) in [4.78, 5) is 23.8. The molecule has 0 spiro atoms. The first-order valence-corrected chi connectivity index (χ1v) is 9.60. The van der Waals surface area contributed by atoms with Gasteiger partial charge in [0.05, 0.1) is 18.2 Å². The second-order valence-electron chi connectivity index (χ2n) is 5.73. The normalized spacial score (nSPS) is 15.3. The molecule has 0 unspecified atom stereocenters. The number of ether oxygens (including phenoxy) is 2. The summed E-state index contributed by atoms with van der Waals surface area (Å²) in [5.41, 5.74) is 1.37. The molecule has 1 fully saturated rings. The lowest BCUT2D eigenvalue weighted by molar-refractivity contribution is -0.139. The van der Waals surface area contributed by atoms with Crippen molar-refractivity contribution < 1.29 is 24.2 Å². The third-order valence-electron chi connectivity index (χ3n) is 3.77. The van der Waals surface area contributed by atoms with Crippen LogP contribution in [0.4, 0.5) is 0 Å². The number of thiocarbonyl (C=S) groups is 1. The molecular weight excluding hydrogens is 412 g/mol. The van der Waals surface area contributed by atoms with Crippen molar-refractivity contribution in [3.63, 3.8) is 0 Å². The second-order valence-corrected chi connectivity index (χ2v) is 7.41. The fourth-order valence-electron chi connectivity index (χ4n) is 2.39. The highest BCUT2D eigenvalue weighted by Gasteiger charge is 2.32. The van der Waals surface area contributed by atoms with Crippen LogP contribution in [0.25, 0.3) is 6.08 Å². The number of carboxylic acid groups (broad SMARTS) is 1. The van der Waals surface area contributed by atoms with E-state index in [4.69, 9.17) is 26.8 Å². The smallest absolute Gasteiger partial charge is 0.341 e. The topological polar surface area (TPSA) is 88.4 Å². The molecule has 148 valence electrons. The Hall–Kier alpha value is -3.17. The van der Waals surface area contributed by atoms with Gasteiger partial charge in [-0.15, -0.1) is 0 Å². The Morgan fingerprint density at radius 2 is 1.97 bits per heavy atom. The highest BCUT2D eigenvalue weighted by atomic mass is 32.2. The van der Waals surface area contributed by atoms with Gasteiger partial charge in [0.15, 0.2) is 10.9 Å². The van der Waals surface area contributed by atoms with Crippen molar-refractivity contribution in [3.8, 4) is 11.5 Å². The van der Waals surface area contributed by atoms with E-state index in [1.807, 2.05) is 12.1 Å². The lowest BCUT2D eigenvalue weighted by Crippen LogP contribution is -2.22. The average Bonchev–Trinajstić information content (AvgIpc) is 2.98. The molecule has 2 aromatic rings. The van der Waals surface area contributed by atoms with Crippen LogP contribution < -0.4 is 9.47 Å². The van der Waals surface area contributed by atoms with Gasteiger partial charge in [0.2, 0.25) is 0 Å². The number of carboxylic acids is 1. The number of benzene rings is 2. The number of para-hydroxylation sites is 1. The van der Waals surface area contributed by atoms with Crippen molar-refractivity contribution in [2.24, 2.45) is 5.10 Å². The van der Waals surface area contributed by atoms with Crippen LogP contribution in [0.2, 0.25) is 0 Å². The van der Waals surface area contributed by atoms with E-state index in [-0.39, 0.29) is 5.91 Å². The minimum absolute atomic E-state index is 0.301. The van der Waals surface area contributed by atoms with Gasteiger partial charge in [-0.1, -0.05) is 30.0 Å². The number of rotatable bonds is 7. The average molecular weight is 428 g/mol. The van der Waals surface area contributed by atoms with Crippen LogP contribution in [-0.4, -0.2) is 46.2 Å². The maximum absolute atomic E-state index is 12.7. The van der Waals surface area contributed by atoms with Gasteiger partial charge >= 0.3 is 5.97 Å².